The number of halogens is 1. The Morgan fingerprint density at radius 2 is 1.80 bits per heavy atom. The number of amides is 1. The van der Waals surface area contributed by atoms with Gasteiger partial charge in [-0.15, -0.1) is 0 Å². The largest absolute Gasteiger partial charge is 0.497 e. The van der Waals surface area contributed by atoms with Crippen LogP contribution in [0, 0.1) is 6.92 Å². The van der Waals surface area contributed by atoms with Gasteiger partial charge in [0.15, 0.2) is 0 Å². The quantitative estimate of drug-likeness (QED) is 0.462. The van der Waals surface area contributed by atoms with Gasteiger partial charge in [-0.05, 0) is 48.9 Å². The molecule has 5 nitrogen and oxygen atoms in total. The van der Waals surface area contributed by atoms with E-state index in [1.807, 2.05) is 31.2 Å². The number of carbonyl (C=O) groups excluding carboxylic acids is 1. The fraction of sp³-hybridized carbons (Fsp3) is 0.0833. The van der Waals surface area contributed by atoms with Crippen LogP contribution in [-0.4, -0.2) is 13.0 Å². The minimum Gasteiger partial charge on any atom is -0.497 e. The molecule has 1 N–H and O–H groups in total. The van der Waals surface area contributed by atoms with E-state index in [0.29, 0.717) is 32.9 Å². The molecule has 0 aliphatic rings. The van der Waals surface area contributed by atoms with Crippen LogP contribution in [0.5, 0.6) is 5.75 Å². The maximum atomic E-state index is 13.3. The lowest BCUT2D eigenvalue weighted by molar-refractivity contribution is 0.102. The molecule has 4 aromatic rings. The van der Waals surface area contributed by atoms with E-state index in [1.165, 1.54) is 7.11 Å². The van der Waals surface area contributed by atoms with Crippen LogP contribution in [0.2, 0.25) is 5.02 Å². The fourth-order valence-corrected chi connectivity index (χ4v) is 3.35. The molecular formula is C24H18ClNO4. The predicted molar refractivity (Wildman–Crippen MR) is 119 cm³/mol. The van der Waals surface area contributed by atoms with Crippen molar-refractivity contribution in [2.45, 2.75) is 6.92 Å². The number of hydrogen-bond acceptors (Lipinski definition) is 4. The molecule has 0 saturated heterocycles. The molecule has 30 heavy (non-hydrogen) atoms. The third-order valence-corrected chi connectivity index (χ3v) is 4.99. The first kappa shape index (κ1) is 19.7. The Kier molecular flexibility index (Phi) is 5.29. The number of aryl methyl sites for hydroxylation is 1. The number of carbonyl (C=O) groups is 1. The molecule has 0 saturated carbocycles. The van der Waals surface area contributed by atoms with Gasteiger partial charge >= 0.3 is 0 Å². The number of hydrogen-bond donors (Lipinski definition) is 1. The van der Waals surface area contributed by atoms with Gasteiger partial charge in [0.25, 0.3) is 5.91 Å². The molecule has 0 radical (unpaired) electrons. The van der Waals surface area contributed by atoms with Crippen LogP contribution in [-0.2, 0) is 0 Å². The van der Waals surface area contributed by atoms with Crippen LogP contribution in [0.4, 0.5) is 5.88 Å². The Morgan fingerprint density at radius 1 is 1.03 bits per heavy atom. The minimum absolute atomic E-state index is 0.0755. The number of rotatable bonds is 4. The Balaban J connectivity index is 1.88. The Labute approximate surface area is 177 Å². The zero-order valence-electron chi connectivity index (χ0n) is 16.4. The molecule has 1 heterocycles. The number of methoxy groups -OCH3 is 1. The Bertz CT molecular complexity index is 1310. The van der Waals surface area contributed by atoms with E-state index in [4.69, 9.17) is 20.8 Å². The molecule has 4 rings (SSSR count). The number of anilines is 1. The van der Waals surface area contributed by atoms with Gasteiger partial charge in [-0.1, -0.05) is 47.5 Å². The van der Waals surface area contributed by atoms with E-state index in [-0.39, 0.29) is 16.9 Å². The Morgan fingerprint density at radius 3 is 2.53 bits per heavy atom. The van der Waals surface area contributed by atoms with Crippen molar-refractivity contribution in [1.29, 1.82) is 0 Å². The highest BCUT2D eigenvalue weighted by Crippen LogP contribution is 2.30. The molecule has 0 aliphatic heterocycles. The zero-order valence-corrected chi connectivity index (χ0v) is 17.1. The average molecular weight is 420 g/mol. The van der Waals surface area contributed by atoms with Gasteiger partial charge in [0.1, 0.15) is 11.3 Å². The van der Waals surface area contributed by atoms with Gasteiger partial charge in [0.2, 0.25) is 11.3 Å². The number of nitrogens with one attached hydrogen (secondary N) is 1. The second kappa shape index (κ2) is 8.05. The summed E-state index contributed by atoms with van der Waals surface area (Å²) in [5.41, 5.74) is 2.39. The fourth-order valence-electron chi connectivity index (χ4n) is 3.18. The number of fused-ring (bicyclic) bond motifs is 1. The third kappa shape index (κ3) is 3.80. The highest BCUT2D eigenvalue weighted by atomic mass is 35.5. The van der Waals surface area contributed by atoms with Crippen molar-refractivity contribution in [2.24, 2.45) is 0 Å². The summed E-state index contributed by atoms with van der Waals surface area (Å²) in [5.74, 6) is 0.209. The molecular weight excluding hydrogens is 402 g/mol. The molecule has 0 fully saturated rings. The molecule has 3 aromatic carbocycles. The zero-order chi connectivity index (χ0) is 21.3. The van der Waals surface area contributed by atoms with E-state index in [2.05, 4.69) is 5.32 Å². The average Bonchev–Trinajstić information content (AvgIpc) is 2.75. The molecule has 0 aliphatic carbocycles. The van der Waals surface area contributed by atoms with E-state index in [0.717, 1.165) is 5.56 Å². The van der Waals surface area contributed by atoms with Crippen LogP contribution >= 0.6 is 11.6 Å². The third-order valence-electron chi connectivity index (χ3n) is 4.75. The maximum absolute atomic E-state index is 13.3. The van der Waals surface area contributed by atoms with Crippen molar-refractivity contribution >= 4 is 34.4 Å². The van der Waals surface area contributed by atoms with Crippen LogP contribution in [0.1, 0.15) is 15.9 Å². The van der Waals surface area contributed by atoms with Crippen LogP contribution in [0.15, 0.2) is 75.9 Å². The minimum atomic E-state index is -0.418. The molecule has 6 heteroatoms. The van der Waals surface area contributed by atoms with Gasteiger partial charge in [-0.3, -0.25) is 14.9 Å². The molecule has 1 aromatic heterocycles. The molecule has 0 unspecified atom stereocenters. The van der Waals surface area contributed by atoms with Gasteiger partial charge in [-0.2, -0.15) is 0 Å². The topological polar surface area (TPSA) is 68.5 Å². The number of benzene rings is 3. The molecule has 150 valence electrons. The van der Waals surface area contributed by atoms with E-state index >= 15 is 0 Å². The summed E-state index contributed by atoms with van der Waals surface area (Å²) in [7, 11) is 1.53. The summed E-state index contributed by atoms with van der Waals surface area (Å²) in [4.78, 5) is 26.2. The van der Waals surface area contributed by atoms with Crippen molar-refractivity contribution < 1.29 is 13.9 Å². The second-order valence-corrected chi connectivity index (χ2v) is 7.26. The highest BCUT2D eigenvalue weighted by molar-refractivity contribution is 6.31. The predicted octanol–water partition coefficient (Wildman–Crippen LogP) is 5.68. The summed E-state index contributed by atoms with van der Waals surface area (Å²) in [6.45, 7) is 1.96. The first-order valence-electron chi connectivity index (χ1n) is 9.25. The monoisotopic (exact) mass is 419 g/mol. The normalized spacial score (nSPS) is 10.8. The number of ether oxygens (including phenoxy) is 1. The van der Waals surface area contributed by atoms with Crippen molar-refractivity contribution in [3.05, 3.63) is 93.1 Å². The van der Waals surface area contributed by atoms with Crippen molar-refractivity contribution in [2.75, 3.05) is 12.4 Å². The highest BCUT2D eigenvalue weighted by Gasteiger charge is 2.19. The van der Waals surface area contributed by atoms with Crippen molar-refractivity contribution in [1.82, 2.24) is 0 Å². The molecule has 0 bridgehead atoms. The van der Waals surface area contributed by atoms with Crippen LogP contribution < -0.4 is 15.5 Å². The smallest absolute Gasteiger partial charge is 0.258 e. The van der Waals surface area contributed by atoms with Gasteiger partial charge in [-0.25, -0.2) is 0 Å². The second-order valence-electron chi connectivity index (χ2n) is 6.83. The van der Waals surface area contributed by atoms with E-state index in [9.17, 15) is 9.59 Å². The summed E-state index contributed by atoms with van der Waals surface area (Å²) in [6.07, 6.45) is 0. The lowest BCUT2D eigenvalue weighted by atomic mass is 10.0. The SMILES string of the molecule is COc1cccc(C(=O)Nc2oc3ccc(Cl)cc3c(=O)c2-c2ccc(C)cc2)c1. The lowest BCUT2D eigenvalue weighted by Gasteiger charge is -2.12. The Hall–Kier alpha value is -3.57. The van der Waals surface area contributed by atoms with Gasteiger partial charge in [0.05, 0.1) is 18.1 Å². The molecule has 0 atom stereocenters. The van der Waals surface area contributed by atoms with Crippen LogP contribution in [0.25, 0.3) is 22.1 Å². The van der Waals surface area contributed by atoms with Gasteiger partial charge < -0.3 is 9.15 Å². The van der Waals surface area contributed by atoms with Crippen molar-refractivity contribution in [3.63, 3.8) is 0 Å². The maximum Gasteiger partial charge on any atom is 0.258 e. The van der Waals surface area contributed by atoms with Gasteiger partial charge in [0, 0.05) is 10.6 Å². The standard InChI is InChI=1S/C24H18ClNO4/c1-14-6-8-15(9-7-14)21-22(27)19-13-17(25)10-11-20(19)30-24(21)26-23(28)16-4-3-5-18(12-16)29-2/h3-13H,1-2H3,(H,26,28). The summed E-state index contributed by atoms with van der Waals surface area (Å²) < 4.78 is 11.1. The van der Waals surface area contributed by atoms with Crippen LogP contribution in [0.3, 0.4) is 0 Å². The first-order valence-corrected chi connectivity index (χ1v) is 9.63. The summed E-state index contributed by atoms with van der Waals surface area (Å²) in [5, 5.41) is 3.52. The first-order chi connectivity index (χ1) is 14.5. The summed E-state index contributed by atoms with van der Waals surface area (Å²) in [6, 6.07) is 19.0. The molecule has 1 amide bonds. The van der Waals surface area contributed by atoms with Crippen molar-refractivity contribution in [3.8, 4) is 16.9 Å². The molecule has 0 spiro atoms. The lowest BCUT2D eigenvalue weighted by Crippen LogP contribution is -2.16. The van der Waals surface area contributed by atoms with E-state index in [1.54, 1.807) is 42.5 Å². The summed E-state index contributed by atoms with van der Waals surface area (Å²) >= 11 is 6.08. The van der Waals surface area contributed by atoms with E-state index < -0.39 is 5.91 Å².